The number of urea groups is 1. The second-order valence-corrected chi connectivity index (χ2v) is 5.36. The van der Waals surface area contributed by atoms with Crippen LogP contribution in [-0.2, 0) is 11.2 Å². The van der Waals surface area contributed by atoms with Crippen LogP contribution in [0.1, 0.15) is 30.0 Å². The van der Waals surface area contributed by atoms with Crippen molar-refractivity contribution < 1.29 is 19.1 Å². The summed E-state index contributed by atoms with van der Waals surface area (Å²) in [5, 5.41) is 13.7. The van der Waals surface area contributed by atoms with Gasteiger partial charge in [0, 0.05) is 6.54 Å². The first-order valence-electron chi connectivity index (χ1n) is 6.22. The lowest BCUT2D eigenvalue weighted by molar-refractivity contribution is -0.136. The van der Waals surface area contributed by atoms with Crippen molar-refractivity contribution in [3.05, 3.63) is 33.5 Å². The van der Waals surface area contributed by atoms with Crippen LogP contribution in [0.15, 0.2) is 16.6 Å². The van der Waals surface area contributed by atoms with Gasteiger partial charge in [0.2, 0.25) is 0 Å². The van der Waals surface area contributed by atoms with Gasteiger partial charge in [-0.1, -0.05) is 6.07 Å². The molecule has 0 aliphatic heterocycles. The molecule has 0 saturated heterocycles. The number of hydrogen-bond donors (Lipinski definition) is 3. The van der Waals surface area contributed by atoms with Crippen LogP contribution in [0.5, 0.6) is 0 Å². The number of carboxylic acid groups (broad SMARTS) is 1. The van der Waals surface area contributed by atoms with E-state index in [0.717, 1.165) is 11.1 Å². The number of aliphatic carboxylic acids is 1. The van der Waals surface area contributed by atoms with Gasteiger partial charge in [0.1, 0.15) is 5.82 Å². The van der Waals surface area contributed by atoms with Crippen LogP contribution in [0, 0.1) is 5.82 Å². The van der Waals surface area contributed by atoms with Crippen LogP contribution in [0.25, 0.3) is 0 Å². The summed E-state index contributed by atoms with van der Waals surface area (Å²) in [5.74, 6) is -1.27. The Bertz CT molecular complexity index is 551. The van der Waals surface area contributed by atoms with Gasteiger partial charge in [-0.05, 0) is 46.0 Å². The molecule has 0 bridgehead atoms. The highest BCUT2D eigenvalue weighted by Gasteiger charge is 2.26. The fraction of sp³-hybridized carbons (Fsp3) is 0.385. The van der Waals surface area contributed by atoms with E-state index in [1.807, 2.05) is 0 Å². The Morgan fingerprint density at radius 3 is 2.90 bits per heavy atom. The van der Waals surface area contributed by atoms with Gasteiger partial charge in [-0.3, -0.25) is 4.79 Å². The maximum atomic E-state index is 13.4. The predicted molar refractivity (Wildman–Crippen MR) is 73.9 cm³/mol. The lowest BCUT2D eigenvalue weighted by Crippen LogP contribution is -2.38. The summed E-state index contributed by atoms with van der Waals surface area (Å²) < 4.78 is 13.9. The quantitative estimate of drug-likeness (QED) is 0.784. The van der Waals surface area contributed by atoms with E-state index < -0.39 is 12.0 Å². The fourth-order valence-corrected chi connectivity index (χ4v) is 2.83. The van der Waals surface area contributed by atoms with Gasteiger partial charge in [0.25, 0.3) is 0 Å². The minimum Gasteiger partial charge on any atom is -0.481 e. The Labute approximate surface area is 123 Å². The lowest BCUT2D eigenvalue weighted by atomic mass is 10.1. The molecular formula is C13H14BrFN2O3. The van der Waals surface area contributed by atoms with Gasteiger partial charge in [-0.25, -0.2) is 9.18 Å². The molecule has 0 radical (unpaired) electrons. The highest BCUT2D eigenvalue weighted by Crippen LogP contribution is 2.36. The number of halogens is 2. The first kappa shape index (κ1) is 14.8. The SMILES string of the molecule is O=C(O)CCNC(=O)NC1CCc2c1ccc(F)c2Br. The molecule has 0 spiro atoms. The molecule has 3 N–H and O–H groups in total. The van der Waals surface area contributed by atoms with E-state index in [4.69, 9.17) is 5.11 Å². The number of carbonyl (C=O) groups is 2. The average molecular weight is 345 g/mol. The van der Waals surface area contributed by atoms with Gasteiger partial charge in [0.05, 0.1) is 16.9 Å². The number of fused-ring (bicyclic) bond motifs is 1. The first-order chi connectivity index (χ1) is 9.49. The zero-order chi connectivity index (χ0) is 14.7. The van der Waals surface area contributed by atoms with Gasteiger partial charge in [0.15, 0.2) is 0 Å². The summed E-state index contributed by atoms with van der Waals surface area (Å²) in [6.07, 6.45) is 1.27. The Morgan fingerprint density at radius 1 is 1.45 bits per heavy atom. The van der Waals surface area contributed by atoms with E-state index in [0.29, 0.717) is 17.3 Å². The molecule has 0 aromatic heterocycles. The van der Waals surface area contributed by atoms with E-state index >= 15 is 0 Å². The Kier molecular flexibility index (Phi) is 4.59. The van der Waals surface area contributed by atoms with E-state index in [9.17, 15) is 14.0 Å². The third-order valence-corrected chi connectivity index (χ3v) is 4.08. The number of benzene rings is 1. The highest BCUT2D eigenvalue weighted by molar-refractivity contribution is 9.10. The zero-order valence-corrected chi connectivity index (χ0v) is 12.2. The highest BCUT2D eigenvalue weighted by atomic mass is 79.9. The van der Waals surface area contributed by atoms with Gasteiger partial charge in [-0.2, -0.15) is 0 Å². The van der Waals surface area contributed by atoms with E-state index in [-0.39, 0.29) is 24.8 Å². The molecule has 0 saturated carbocycles. The minimum absolute atomic E-state index is 0.0772. The van der Waals surface area contributed by atoms with Crippen molar-refractivity contribution in [1.82, 2.24) is 10.6 Å². The first-order valence-corrected chi connectivity index (χ1v) is 7.01. The molecule has 2 amide bonds. The number of rotatable bonds is 4. The number of carboxylic acids is 1. The van der Waals surface area contributed by atoms with Crippen molar-refractivity contribution >= 4 is 27.9 Å². The summed E-state index contributed by atoms with van der Waals surface area (Å²) >= 11 is 3.21. The molecule has 108 valence electrons. The predicted octanol–water partition coefficient (Wildman–Crippen LogP) is 2.35. The molecule has 20 heavy (non-hydrogen) atoms. The van der Waals surface area contributed by atoms with Crippen LogP contribution in [0.2, 0.25) is 0 Å². The molecule has 1 atom stereocenters. The molecule has 7 heteroatoms. The molecule has 1 aliphatic carbocycles. The van der Waals surface area contributed by atoms with Crippen LogP contribution in [-0.4, -0.2) is 23.7 Å². The second-order valence-electron chi connectivity index (χ2n) is 4.56. The van der Waals surface area contributed by atoms with E-state index in [1.165, 1.54) is 6.07 Å². The topological polar surface area (TPSA) is 78.4 Å². The van der Waals surface area contributed by atoms with Crippen molar-refractivity contribution in [2.75, 3.05) is 6.54 Å². The van der Waals surface area contributed by atoms with Crippen molar-refractivity contribution in [2.45, 2.75) is 25.3 Å². The molecular weight excluding hydrogens is 331 g/mol. The zero-order valence-electron chi connectivity index (χ0n) is 10.6. The van der Waals surface area contributed by atoms with Gasteiger partial charge in [-0.15, -0.1) is 0 Å². The lowest BCUT2D eigenvalue weighted by Gasteiger charge is -2.15. The number of carbonyl (C=O) groups excluding carboxylic acids is 1. The van der Waals surface area contributed by atoms with Crippen molar-refractivity contribution in [3.8, 4) is 0 Å². The van der Waals surface area contributed by atoms with Crippen LogP contribution in [0.4, 0.5) is 9.18 Å². The number of hydrogen-bond acceptors (Lipinski definition) is 2. The minimum atomic E-state index is -0.962. The second kappa shape index (κ2) is 6.21. The number of amides is 2. The normalized spacial score (nSPS) is 16.6. The Hall–Kier alpha value is -1.63. The average Bonchev–Trinajstić information content (AvgIpc) is 2.77. The standard InChI is InChI=1S/C13H14BrFN2O3/c14-12-8-2-4-10(7(8)1-3-9(12)15)17-13(20)16-6-5-11(18)19/h1,3,10H,2,4-6H2,(H,18,19)(H2,16,17,20). The van der Waals surface area contributed by atoms with E-state index in [1.54, 1.807) is 6.07 Å². The van der Waals surface area contributed by atoms with Crippen molar-refractivity contribution in [2.24, 2.45) is 0 Å². The number of nitrogens with one attached hydrogen (secondary N) is 2. The van der Waals surface area contributed by atoms with Gasteiger partial charge >= 0.3 is 12.0 Å². The molecule has 0 heterocycles. The largest absolute Gasteiger partial charge is 0.481 e. The Balaban J connectivity index is 1.95. The molecule has 1 aromatic rings. The van der Waals surface area contributed by atoms with Crippen molar-refractivity contribution in [1.29, 1.82) is 0 Å². The molecule has 5 nitrogen and oxygen atoms in total. The summed E-state index contributed by atoms with van der Waals surface area (Å²) in [6, 6.07) is 2.45. The molecule has 1 aliphatic rings. The van der Waals surface area contributed by atoms with E-state index in [2.05, 4.69) is 26.6 Å². The summed E-state index contributed by atoms with van der Waals surface area (Å²) in [5.41, 5.74) is 1.77. The molecule has 1 aromatic carbocycles. The summed E-state index contributed by atoms with van der Waals surface area (Å²) in [4.78, 5) is 22.0. The van der Waals surface area contributed by atoms with Crippen molar-refractivity contribution in [3.63, 3.8) is 0 Å². The molecule has 1 unspecified atom stereocenters. The summed E-state index contributed by atoms with van der Waals surface area (Å²) in [6.45, 7) is 0.0772. The molecule has 2 rings (SSSR count). The van der Waals surface area contributed by atoms with Crippen LogP contribution < -0.4 is 10.6 Å². The van der Waals surface area contributed by atoms with Crippen LogP contribution in [0.3, 0.4) is 0 Å². The smallest absolute Gasteiger partial charge is 0.315 e. The summed E-state index contributed by atoms with van der Waals surface area (Å²) in [7, 11) is 0. The monoisotopic (exact) mass is 344 g/mol. The third kappa shape index (κ3) is 3.27. The third-order valence-electron chi connectivity index (χ3n) is 3.22. The van der Waals surface area contributed by atoms with Crippen LogP contribution >= 0.6 is 15.9 Å². The maximum absolute atomic E-state index is 13.4. The Morgan fingerprint density at radius 2 is 2.20 bits per heavy atom. The van der Waals surface area contributed by atoms with Gasteiger partial charge < -0.3 is 15.7 Å². The fourth-order valence-electron chi connectivity index (χ4n) is 2.27. The maximum Gasteiger partial charge on any atom is 0.315 e. The molecule has 0 fully saturated rings.